The first-order valence-corrected chi connectivity index (χ1v) is 9.16. The summed E-state index contributed by atoms with van der Waals surface area (Å²) in [5.74, 6) is -1.39. The molecule has 0 aliphatic rings. The second-order valence-electron chi connectivity index (χ2n) is 6.62. The molecule has 0 aliphatic carbocycles. The third kappa shape index (κ3) is 4.45. The van der Waals surface area contributed by atoms with Crippen molar-refractivity contribution < 1.29 is 19.1 Å². The topological polar surface area (TPSA) is 101 Å². The maximum absolute atomic E-state index is 12.6. The van der Waals surface area contributed by atoms with Crippen LogP contribution in [0.5, 0.6) is 0 Å². The van der Waals surface area contributed by atoms with Gasteiger partial charge in [-0.15, -0.1) is 0 Å². The molecule has 0 fully saturated rings. The average molecular weight is 401 g/mol. The fourth-order valence-corrected chi connectivity index (χ4v) is 2.98. The number of rotatable bonds is 6. The van der Waals surface area contributed by atoms with E-state index >= 15 is 0 Å². The van der Waals surface area contributed by atoms with E-state index in [9.17, 15) is 14.4 Å². The maximum Gasteiger partial charge on any atom is 0.338 e. The van der Waals surface area contributed by atoms with Crippen LogP contribution < -0.4 is 5.43 Å². The van der Waals surface area contributed by atoms with Crippen LogP contribution in [0.3, 0.4) is 0 Å². The minimum atomic E-state index is -0.688. The van der Waals surface area contributed by atoms with E-state index in [-0.39, 0.29) is 11.5 Å². The number of nitriles is 1. The van der Waals surface area contributed by atoms with Gasteiger partial charge in [0.1, 0.15) is 0 Å². The number of carbonyl (C=O) groups excluding carboxylic acids is 3. The lowest BCUT2D eigenvalue weighted by atomic mass is 10.1. The van der Waals surface area contributed by atoms with E-state index in [0.717, 1.165) is 0 Å². The van der Waals surface area contributed by atoms with Crippen LogP contribution in [0.4, 0.5) is 0 Å². The van der Waals surface area contributed by atoms with Gasteiger partial charge in [0.2, 0.25) is 5.78 Å². The highest BCUT2D eigenvalue weighted by atomic mass is 16.5. The molecule has 1 aromatic heterocycles. The van der Waals surface area contributed by atoms with Crippen molar-refractivity contribution in [1.82, 2.24) is 4.68 Å². The Morgan fingerprint density at radius 3 is 2.40 bits per heavy atom. The lowest BCUT2D eigenvalue weighted by molar-refractivity contribution is 0.0474. The van der Waals surface area contributed by atoms with Crippen LogP contribution in [0.2, 0.25) is 0 Å². The molecule has 7 nitrogen and oxygen atoms in total. The van der Waals surface area contributed by atoms with Gasteiger partial charge in [0, 0.05) is 22.5 Å². The molecule has 1 N–H and O–H groups in total. The third-order valence-electron chi connectivity index (χ3n) is 4.54. The minimum Gasteiger partial charge on any atom is -0.454 e. The molecule has 3 aromatic rings. The van der Waals surface area contributed by atoms with Crippen molar-refractivity contribution in [3.63, 3.8) is 0 Å². The fourth-order valence-electron chi connectivity index (χ4n) is 2.98. The maximum atomic E-state index is 12.6. The Labute approximate surface area is 173 Å². The quantitative estimate of drug-likeness (QED) is 0.504. The van der Waals surface area contributed by atoms with Crippen LogP contribution in [0.25, 0.3) is 0 Å². The van der Waals surface area contributed by atoms with E-state index in [4.69, 9.17) is 10.00 Å². The van der Waals surface area contributed by atoms with E-state index in [1.54, 1.807) is 56.3 Å². The summed E-state index contributed by atoms with van der Waals surface area (Å²) >= 11 is 0. The molecule has 0 radical (unpaired) electrons. The van der Waals surface area contributed by atoms with Crippen molar-refractivity contribution in [2.24, 2.45) is 0 Å². The average Bonchev–Trinajstić information content (AvgIpc) is 3.06. The summed E-state index contributed by atoms with van der Waals surface area (Å²) in [6, 6.07) is 18.4. The normalized spacial score (nSPS) is 10.2. The number of nitrogens with one attached hydrogen (secondary N) is 1. The number of hydrogen-bond donors (Lipinski definition) is 1. The van der Waals surface area contributed by atoms with Crippen molar-refractivity contribution >= 4 is 17.7 Å². The number of carbonyl (C=O) groups is 3. The van der Waals surface area contributed by atoms with Crippen LogP contribution in [-0.2, 0) is 4.74 Å². The van der Waals surface area contributed by atoms with Crippen LogP contribution in [-0.4, -0.2) is 28.9 Å². The number of ketones is 1. The van der Waals surface area contributed by atoms with Crippen LogP contribution in [0.1, 0.15) is 48.0 Å². The molecule has 30 heavy (non-hydrogen) atoms. The van der Waals surface area contributed by atoms with Crippen molar-refractivity contribution in [2.75, 3.05) is 12.0 Å². The molecule has 0 unspecified atom stereocenters. The highest BCUT2D eigenvalue weighted by molar-refractivity contribution is 6.02. The number of aryl methyl sites for hydroxylation is 1. The SMILES string of the molecule is Cc1cc(C(=O)COC(=O)c2cccc(C#N)c2)c(C)n1NC(=O)c1ccccc1. The molecule has 3 rings (SSSR count). The Morgan fingerprint density at radius 1 is 1.00 bits per heavy atom. The van der Waals surface area contributed by atoms with Gasteiger partial charge in [-0.25, -0.2) is 4.79 Å². The van der Waals surface area contributed by atoms with E-state index in [0.29, 0.717) is 28.1 Å². The standard InChI is InChI=1S/C23H19N3O4/c1-15-11-20(16(2)26(15)25-22(28)18-8-4-3-5-9-18)21(27)14-30-23(29)19-10-6-7-17(12-19)13-24/h3-12H,14H2,1-2H3,(H,25,28). The summed E-state index contributed by atoms with van der Waals surface area (Å²) in [6.45, 7) is 3.00. The summed E-state index contributed by atoms with van der Waals surface area (Å²) in [5, 5.41) is 8.92. The summed E-state index contributed by atoms with van der Waals surface area (Å²) in [4.78, 5) is 37.2. The summed E-state index contributed by atoms with van der Waals surface area (Å²) in [7, 11) is 0. The second-order valence-corrected chi connectivity index (χ2v) is 6.62. The predicted octanol–water partition coefficient (Wildman–Crippen LogP) is 3.40. The Balaban J connectivity index is 1.69. The molecule has 150 valence electrons. The van der Waals surface area contributed by atoms with Crippen LogP contribution >= 0.6 is 0 Å². The first-order chi connectivity index (χ1) is 14.4. The number of ether oxygens (including phenoxy) is 1. The smallest absolute Gasteiger partial charge is 0.338 e. The Bertz CT molecular complexity index is 1160. The molecular formula is C23H19N3O4. The van der Waals surface area contributed by atoms with Gasteiger partial charge < -0.3 is 4.74 Å². The molecule has 0 spiro atoms. The zero-order chi connectivity index (χ0) is 21.7. The molecule has 7 heteroatoms. The van der Waals surface area contributed by atoms with E-state index in [2.05, 4.69) is 5.43 Å². The van der Waals surface area contributed by atoms with Crippen molar-refractivity contribution in [1.29, 1.82) is 5.26 Å². The van der Waals surface area contributed by atoms with Crippen molar-refractivity contribution in [2.45, 2.75) is 13.8 Å². The summed E-state index contributed by atoms with van der Waals surface area (Å²) < 4.78 is 6.63. The number of amides is 1. The predicted molar refractivity (Wildman–Crippen MR) is 110 cm³/mol. The second kappa shape index (κ2) is 8.88. The van der Waals surface area contributed by atoms with Gasteiger partial charge in [-0.3, -0.25) is 19.7 Å². The Kier molecular flexibility index (Phi) is 6.08. The van der Waals surface area contributed by atoms with Gasteiger partial charge in [0.15, 0.2) is 6.61 Å². The van der Waals surface area contributed by atoms with Gasteiger partial charge in [-0.1, -0.05) is 24.3 Å². The molecule has 0 atom stereocenters. The molecule has 0 bridgehead atoms. The van der Waals surface area contributed by atoms with Gasteiger partial charge in [-0.05, 0) is 50.2 Å². The number of hydrogen-bond acceptors (Lipinski definition) is 5. The third-order valence-corrected chi connectivity index (χ3v) is 4.54. The largest absolute Gasteiger partial charge is 0.454 e. The molecule has 1 heterocycles. The number of Topliss-reactive ketones (excluding diaryl/α,β-unsaturated/α-hetero) is 1. The number of benzene rings is 2. The van der Waals surface area contributed by atoms with E-state index in [1.165, 1.54) is 16.8 Å². The zero-order valence-electron chi connectivity index (χ0n) is 16.5. The zero-order valence-corrected chi connectivity index (χ0v) is 16.5. The monoisotopic (exact) mass is 401 g/mol. The lowest BCUT2D eigenvalue weighted by Gasteiger charge is -2.11. The molecule has 0 saturated heterocycles. The highest BCUT2D eigenvalue weighted by Crippen LogP contribution is 2.16. The first-order valence-electron chi connectivity index (χ1n) is 9.16. The highest BCUT2D eigenvalue weighted by Gasteiger charge is 2.19. The number of nitrogens with zero attached hydrogens (tertiary/aromatic N) is 2. The van der Waals surface area contributed by atoms with Gasteiger partial charge in [0.25, 0.3) is 5.91 Å². The van der Waals surface area contributed by atoms with Crippen LogP contribution in [0.15, 0.2) is 60.7 Å². The van der Waals surface area contributed by atoms with E-state index in [1.807, 2.05) is 12.1 Å². The Hall–Kier alpha value is -4.18. The van der Waals surface area contributed by atoms with Crippen molar-refractivity contribution in [3.8, 4) is 6.07 Å². The van der Waals surface area contributed by atoms with Gasteiger partial charge in [-0.2, -0.15) is 5.26 Å². The lowest BCUT2D eigenvalue weighted by Crippen LogP contribution is -2.25. The van der Waals surface area contributed by atoms with Gasteiger partial charge >= 0.3 is 5.97 Å². The van der Waals surface area contributed by atoms with Crippen molar-refractivity contribution in [3.05, 3.63) is 94.3 Å². The first kappa shape index (κ1) is 20.6. The number of aromatic nitrogens is 1. The summed E-state index contributed by atoms with van der Waals surface area (Å²) in [5.41, 5.74) is 5.32. The summed E-state index contributed by atoms with van der Waals surface area (Å²) in [6.07, 6.45) is 0. The van der Waals surface area contributed by atoms with E-state index < -0.39 is 18.4 Å². The van der Waals surface area contributed by atoms with Crippen LogP contribution in [0, 0.1) is 25.2 Å². The molecule has 0 aliphatic heterocycles. The molecule has 0 saturated carbocycles. The number of esters is 1. The fraction of sp³-hybridized carbons (Fsp3) is 0.130. The Morgan fingerprint density at radius 2 is 1.70 bits per heavy atom. The van der Waals surface area contributed by atoms with Gasteiger partial charge in [0.05, 0.1) is 17.2 Å². The molecular weight excluding hydrogens is 382 g/mol. The minimum absolute atomic E-state index is 0.197. The molecule has 1 amide bonds. The molecule has 2 aromatic carbocycles.